The molecule has 0 saturated carbocycles. The summed E-state index contributed by atoms with van der Waals surface area (Å²) in [6.45, 7) is 0. The van der Waals surface area contributed by atoms with Crippen LogP contribution in [0.5, 0.6) is 0 Å². The van der Waals surface area contributed by atoms with E-state index < -0.39 is 16.4 Å². The van der Waals surface area contributed by atoms with Crippen LogP contribution >= 0.6 is 27.5 Å². The number of nitrogens with zero attached hydrogens (tertiary/aromatic N) is 4. The molecule has 0 radical (unpaired) electrons. The van der Waals surface area contributed by atoms with E-state index >= 15 is 0 Å². The van der Waals surface area contributed by atoms with Crippen LogP contribution in [-0.4, -0.2) is 19.9 Å². The minimum absolute atomic E-state index is 0.0281. The molecule has 0 unspecified atom stereocenters. The van der Waals surface area contributed by atoms with Crippen LogP contribution < -0.4 is 10.6 Å². The molecule has 2 N–H and O–H groups in total. The monoisotopic (exact) mass is 438 g/mol. The Morgan fingerprint density at radius 1 is 1.12 bits per heavy atom. The number of rotatable bonds is 5. The smallest absolute Gasteiger partial charge is 0.332 e. The highest BCUT2D eigenvalue weighted by atomic mass is 79.9. The van der Waals surface area contributed by atoms with Crippen molar-refractivity contribution in [2.75, 3.05) is 10.6 Å². The Hall–Kier alpha value is -2.85. The number of nitro groups is 1. The summed E-state index contributed by atoms with van der Waals surface area (Å²) < 4.78 is 14.6. The molecule has 0 aliphatic carbocycles. The van der Waals surface area contributed by atoms with E-state index in [1.54, 1.807) is 18.2 Å². The molecule has 2 aromatic heterocycles. The fraction of sp³-hybridized carbons (Fsp3) is 0. The van der Waals surface area contributed by atoms with E-state index in [1.807, 2.05) is 0 Å². The van der Waals surface area contributed by atoms with Crippen LogP contribution in [0.15, 0.2) is 47.3 Å². The van der Waals surface area contributed by atoms with Crippen molar-refractivity contribution >= 4 is 56.2 Å². The zero-order valence-electron chi connectivity index (χ0n) is 12.8. The largest absolute Gasteiger partial charge is 0.353 e. The summed E-state index contributed by atoms with van der Waals surface area (Å²) in [7, 11) is 0. The molecule has 0 atom stereocenters. The molecule has 1 aromatic carbocycles. The van der Waals surface area contributed by atoms with Crippen molar-refractivity contribution in [3.8, 4) is 0 Å². The Kier molecular flexibility index (Phi) is 5.24. The summed E-state index contributed by atoms with van der Waals surface area (Å²) >= 11 is 9.10. The molecule has 132 valence electrons. The van der Waals surface area contributed by atoms with Crippen LogP contribution in [0.1, 0.15) is 0 Å². The predicted molar refractivity (Wildman–Crippen MR) is 98.6 cm³/mol. The minimum atomic E-state index is -0.675. The molecule has 0 aliphatic rings. The van der Waals surface area contributed by atoms with Crippen LogP contribution in [-0.2, 0) is 0 Å². The van der Waals surface area contributed by atoms with Crippen molar-refractivity contribution in [1.29, 1.82) is 0 Å². The van der Waals surface area contributed by atoms with E-state index in [4.69, 9.17) is 11.6 Å². The van der Waals surface area contributed by atoms with Crippen molar-refractivity contribution in [3.63, 3.8) is 0 Å². The second-order valence-electron chi connectivity index (χ2n) is 4.89. The van der Waals surface area contributed by atoms with Crippen molar-refractivity contribution in [3.05, 3.63) is 68.4 Å². The van der Waals surface area contributed by atoms with E-state index in [0.717, 1.165) is 6.33 Å². The lowest BCUT2D eigenvalue weighted by atomic mass is 10.3. The van der Waals surface area contributed by atoms with Crippen LogP contribution in [0.3, 0.4) is 0 Å². The number of pyridine rings is 1. The van der Waals surface area contributed by atoms with Crippen molar-refractivity contribution in [2.45, 2.75) is 0 Å². The highest BCUT2D eigenvalue weighted by molar-refractivity contribution is 9.10. The minimum Gasteiger partial charge on any atom is -0.332 e. The van der Waals surface area contributed by atoms with Crippen LogP contribution in [0.2, 0.25) is 5.15 Å². The predicted octanol–water partition coefficient (Wildman–Crippen LogP) is 4.82. The molecular weight excluding hydrogens is 431 g/mol. The van der Waals surface area contributed by atoms with Gasteiger partial charge in [-0.3, -0.25) is 10.1 Å². The van der Waals surface area contributed by atoms with Gasteiger partial charge in [0.05, 0.1) is 16.3 Å². The molecule has 3 aromatic rings. The topological polar surface area (TPSA) is 106 Å². The van der Waals surface area contributed by atoms with E-state index in [-0.39, 0.29) is 22.5 Å². The van der Waals surface area contributed by atoms with E-state index in [9.17, 15) is 14.5 Å². The Morgan fingerprint density at radius 3 is 2.42 bits per heavy atom. The maximum Gasteiger partial charge on any atom is 0.353 e. The molecule has 0 aliphatic heterocycles. The number of anilines is 4. The first-order valence-electron chi connectivity index (χ1n) is 7.04. The number of hydrogen-bond acceptors (Lipinski definition) is 7. The van der Waals surface area contributed by atoms with Crippen molar-refractivity contribution in [2.24, 2.45) is 0 Å². The lowest BCUT2D eigenvalue weighted by Gasteiger charge is -2.11. The lowest BCUT2D eigenvalue weighted by Crippen LogP contribution is -2.06. The third kappa shape index (κ3) is 3.86. The zero-order valence-corrected chi connectivity index (χ0v) is 15.1. The molecule has 0 spiro atoms. The summed E-state index contributed by atoms with van der Waals surface area (Å²) in [5, 5.41) is 17.0. The first kappa shape index (κ1) is 18.0. The second kappa shape index (κ2) is 7.58. The average Bonchev–Trinajstić information content (AvgIpc) is 2.59. The van der Waals surface area contributed by atoms with Gasteiger partial charge in [0.2, 0.25) is 11.6 Å². The molecule has 3 rings (SSSR count). The SMILES string of the molecule is O=[N+]([O-])c1c(Nc2ccc(Br)cc2F)ncnc1Nc1cccnc1Cl. The first-order valence-corrected chi connectivity index (χ1v) is 8.22. The summed E-state index contributed by atoms with van der Waals surface area (Å²) in [6, 6.07) is 7.44. The van der Waals surface area contributed by atoms with Crippen molar-refractivity contribution < 1.29 is 9.31 Å². The second-order valence-corrected chi connectivity index (χ2v) is 6.17. The summed E-state index contributed by atoms with van der Waals surface area (Å²) in [5.74, 6) is -0.884. The lowest BCUT2D eigenvalue weighted by molar-refractivity contribution is -0.383. The highest BCUT2D eigenvalue weighted by Crippen LogP contribution is 2.34. The Labute approximate surface area is 159 Å². The molecule has 2 heterocycles. The van der Waals surface area contributed by atoms with E-state index in [1.165, 1.54) is 18.3 Å². The maximum atomic E-state index is 14.0. The normalized spacial score (nSPS) is 10.4. The standard InChI is InChI=1S/C15H9BrClFN6O2/c16-8-3-4-10(9(18)6-8)22-14-12(24(25)26)15(21-7-20-14)23-11-2-1-5-19-13(11)17/h1-7H,(H2,20,21,22,23). The molecule has 26 heavy (non-hydrogen) atoms. The third-order valence-corrected chi connectivity index (χ3v) is 4.00. The molecular formula is C15H9BrClFN6O2. The fourth-order valence-electron chi connectivity index (χ4n) is 2.06. The van der Waals surface area contributed by atoms with Crippen LogP contribution in [0.4, 0.5) is 33.1 Å². The third-order valence-electron chi connectivity index (χ3n) is 3.20. The van der Waals surface area contributed by atoms with Crippen molar-refractivity contribution in [1.82, 2.24) is 15.0 Å². The molecule has 0 bridgehead atoms. The number of benzene rings is 1. The summed E-state index contributed by atoms with van der Waals surface area (Å²) in [5.41, 5.74) is -0.105. The maximum absolute atomic E-state index is 14.0. The number of aromatic nitrogens is 3. The number of halogens is 3. The van der Waals surface area contributed by atoms with Crippen LogP contribution in [0.25, 0.3) is 0 Å². The molecule has 11 heteroatoms. The van der Waals surface area contributed by atoms with Gasteiger partial charge in [-0.05, 0) is 30.3 Å². The van der Waals surface area contributed by atoms with Gasteiger partial charge < -0.3 is 10.6 Å². The van der Waals surface area contributed by atoms with E-state index in [2.05, 4.69) is 41.5 Å². The Bertz CT molecular complexity index is 990. The average molecular weight is 440 g/mol. The molecule has 0 saturated heterocycles. The van der Waals surface area contributed by atoms with Gasteiger partial charge in [0, 0.05) is 10.7 Å². The molecule has 0 fully saturated rings. The van der Waals surface area contributed by atoms with Gasteiger partial charge in [-0.25, -0.2) is 19.3 Å². The van der Waals surface area contributed by atoms with Gasteiger partial charge in [0.1, 0.15) is 12.1 Å². The highest BCUT2D eigenvalue weighted by Gasteiger charge is 2.24. The Morgan fingerprint density at radius 2 is 1.81 bits per heavy atom. The van der Waals surface area contributed by atoms with Gasteiger partial charge >= 0.3 is 5.69 Å². The Balaban J connectivity index is 2.01. The fourth-order valence-corrected chi connectivity index (χ4v) is 2.56. The van der Waals surface area contributed by atoms with Gasteiger partial charge in [-0.2, -0.15) is 0 Å². The summed E-state index contributed by atoms with van der Waals surface area (Å²) in [4.78, 5) is 22.5. The van der Waals surface area contributed by atoms with Gasteiger partial charge in [0.15, 0.2) is 5.15 Å². The van der Waals surface area contributed by atoms with Gasteiger partial charge in [0.25, 0.3) is 0 Å². The van der Waals surface area contributed by atoms with Crippen LogP contribution in [0, 0.1) is 15.9 Å². The van der Waals surface area contributed by atoms with Gasteiger partial charge in [-0.1, -0.05) is 27.5 Å². The summed E-state index contributed by atoms with van der Waals surface area (Å²) in [6.07, 6.45) is 2.59. The number of nitrogens with one attached hydrogen (secondary N) is 2. The van der Waals surface area contributed by atoms with E-state index in [0.29, 0.717) is 10.2 Å². The zero-order chi connectivity index (χ0) is 18.7. The molecule has 8 nitrogen and oxygen atoms in total. The quantitative estimate of drug-likeness (QED) is 0.333. The number of hydrogen-bond donors (Lipinski definition) is 2. The first-order chi connectivity index (χ1) is 12.5. The van der Waals surface area contributed by atoms with Gasteiger partial charge in [-0.15, -0.1) is 0 Å². The molecule has 0 amide bonds.